The lowest BCUT2D eigenvalue weighted by Crippen LogP contribution is -2.25. The van der Waals surface area contributed by atoms with Gasteiger partial charge in [0.05, 0.1) is 18.0 Å². The van der Waals surface area contributed by atoms with Crippen molar-refractivity contribution >= 4 is 21.6 Å². The van der Waals surface area contributed by atoms with Crippen LogP contribution in [0.5, 0.6) is 0 Å². The minimum Gasteiger partial charge on any atom is -0.465 e. The van der Waals surface area contributed by atoms with E-state index < -0.39 is 0 Å². The minimum atomic E-state index is -0.0264. The Kier molecular flexibility index (Phi) is 3.81. The molecule has 1 N–H and O–H groups in total. The predicted molar refractivity (Wildman–Crippen MR) is 95.5 cm³/mol. The van der Waals surface area contributed by atoms with Crippen LogP contribution in [-0.4, -0.2) is 21.4 Å². The van der Waals surface area contributed by atoms with E-state index in [4.69, 9.17) is 9.40 Å². The lowest BCUT2D eigenvalue weighted by Gasteiger charge is -2.22. The van der Waals surface area contributed by atoms with E-state index >= 15 is 0 Å². The predicted octanol–water partition coefficient (Wildman–Crippen LogP) is 3.84. The zero-order valence-electron chi connectivity index (χ0n) is 14.2. The molecular formula is C18H21N3O2S. The van der Waals surface area contributed by atoms with Gasteiger partial charge in [0.25, 0.3) is 5.56 Å². The number of H-pyrrole nitrogens is 1. The van der Waals surface area contributed by atoms with Crippen LogP contribution in [0.2, 0.25) is 0 Å². The van der Waals surface area contributed by atoms with Crippen LogP contribution in [0.15, 0.2) is 21.3 Å². The van der Waals surface area contributed by atoms with Crippen LogP contribution in [0.4, 0.5) is 0 Å². The van der Waals surface area contributed by atoms with Crippen molar-refractivity contribution in [2.75, 3.05) is 6.54 Å². The van der Waals surface area contributed by atoms with Gasteiger partial charge in [-0.05, 0) is 57.9 Å². The average molecular weight is 343 g/mol. The van der Waals surface area contributed by atoms with Crippen LogP contribution in [-0.2, 0) is 6.54 Å². The van der Waals surface area contributed by atoms with E-state index in [0.29, 0.717) is 6.54 Å². The Labute approximate surface area is 144 Å². The highest BCUT2D eigenvalue weighted by molar-refractivity contribution is 7.18. The molecule has 24 heavy (non-hydrogen) atoms. The number of aromatic amines is 1. The molecule has 1 aliphatic heterocycles. The molecule has 0 spiro atoms. The molecule has 3 aromatic rings. The Hall–Kier alpha value is -1.92. The highest BCUT2D eigenvalue weighted by Gasteiger charge is 2.29. The van der Waals surface area contributed by atoms with Gasteiger partial charge in [0.1, 0.15) is 22.2 Å². The fourth-order valence-corrected chi connectivity index (χ4v) is 4.59. The molecule has 0 radical (unpaired) electrons. The lowest BCUT2D eigenvalue weighted by atomic mass is 10.1. The van der Waals surface area contributed by atoms with E-state index in [0.717, 1.165) is 57.4 Å². The number of aryl methyl sites for hydroxylation is 3. The third-order valence-corrected chi connectivity index (χ3v) is 6.00. The van der Waals surface area contributed by atoms with E-state index in [-0.39, 0.29) is 11.6 Å². The summed E-state index contributed by atoms with van der Waals surface area (Å²) in [5, 5.41) is 0.737. The van der Waals surface area contributed by atoms with Crippen molar-refractivity contribution in [3.8, 4) is 0 Å². The normalized spacial score (nSPS) is 18.7. The molecule has 0 amide bonds. The number of thiophene rings is 1. The van der Waals surface area contributed by atoms with Crippen molar-refractivity contribution in [2.24, 2.45) is 0 Å². The first-order chi connectivity index (χ1) is 11.5. The number of likely N-dealkylation sites (tertiary alicyclic amines) is 1. The number of furan rings is 1. The van der Waals surface area contributed by atoms with Gasteiger partial charge in [0.15, 0.2) is 0 Å². The van der Waals surface area contributed by atoms with E-state index in [1.165, 1.54) is 0 Å². The van der Waals surface area contributed by atoms with E-state index in [1.54, 1.807) is 11.3 Å². The number of aromatic nitrogens is 2. The van der Waals surface area contributed by atoms with Gasteiger partial charge in [-0.1, -0.05) is 0 Å². The summed E-state index contributed by atoms with van der Waals surface area (Å²) >= 11 is 1.60. The zero-order chi connectivity index (χ0) is 16.8. The topological polar surface area (TPSA) is 62.1 Å². The molecule has 1 aliphatic rings. The van der Waals surface area contributed by atoms with Crippen LogP contribution < -0.4 is 5.56 Å². The monoisotopic (exact) mass is 343 g/mol. The molecule has 0 saturated carbocycles. The molecule has 1 atom stereocenters. The average Bonchev–Trinajstić information content (AvgIpc) is 3.20. The Morgan fingerprint density at radius 2 is 2.21 bits per heavy atom. The van der Waals surface area contributed by atoms with E-state index in [9.17, 15) is 4.79 Å². The van der Waals surface area contributed by atoms with Crippen LogP contribution in [0.1, 0.15) is 46.7 Å². The standard InChI is InChI=1S/C18H21N3O2S/c1-10-6-7-14(23-10)13-5-4-8-21(13)9-15-19-17(22)16-11(2)12(3)24-18(16)20-15/h6-7,13H,4-5,8-9H2,1-3H3,(H,19,20,22). The minimum absolute atomic E-state index is 0.0264. The highest BCUT2D eigenvalue weighted by atomic mass is 32.1. The van der Waals surface area contributed by atoms with Crippen molar-refractivity contribution in [3.63, 3.8) is 0 Å². The van der Waals surface area contributed by atoms with Crippen LogP contribution in [0.25, 0.3) is 10.2 Å². The van der Waals surface area contributed by atoms with Crippen molar-refractivity contribution in [3.05, 3.63) is 50.3 Å². The molecule has 0 aromatic carbocycles. The molecule has 4 heterocycles. The molecule has 4 rings (SSSR count). The third-order valence-electron chi connectivity index (χ3n) is 4.89. The summed E-state index contributed by atoms with van der Waals surface area (Å²) in [6, 6.07) is 4.34. The van der Waals surface area contributed by atoms with Crippen LogP contribution in [0, 0.1) is 20.8 Å². The summed E-state index contributed by atoms with van der Waals surface area (Å²) in [7, 11) is 0. The molecule has 1 unspecified atom stereocenters. The Morgan fingerprint density at radius 3 is 2.96 bits per heavy atom. The second-order valence-corrected chi connectivity index (χ2v) is 7.76. The molecule has 126 valence electrons. The summed E-state index contributed by atoms with van der Waals surface area (Å²) in [4.78, 5) is 24.5. The van der Waals surface area contributed by atoms with Crippen molar-refractivity contribution in [1.29, 1.82) is 0 Å². The smallest absolute Gasteiger partial charge is 0.259 e. The van der Waals surface area contributed by atoms with Gasteiger partial charge in [0, 0.05) is 4.88 Å². The summed E-state index contributed by atoms with van der Waals surface area (Å²) in [5.41, 5.74) is 1.02. The largest absolute Gasteiger partial charge is 0.465 e. The Balaban J connectivity index is 1.65. The van der Waals surface area contributed by atoms with Crippen LogP contribution >= 0.6 is 11.3 Å². The number of hydrogen-bond acceptors (Lipinski definition) is 5. The highest BCUT2D eigenvalue weighted by Crippen LogP contribution is 2.34. The molecule has 0 bridgehead atoms. The maximum atomic E-state index is 12.4. The first-order valence-electron chi connectivity index (χ1n) is 8.32. The molecule has 6 heteroatoms. The molecule has 1 fully saturated rings. The quantitative estimate of drug-likeness (QED) is 0.785. The molecule has 5 nitrogen and oxygen atoms in total. The molecule has 0 aliphatic carbocycles. The Bertz CT molecular complexity index is 953. The number of fused-ring (bicyclic) bond motifs is 1. The van der Waals surface area contributed by atoms with Crippen molar-refractivity contribution in [1.82, 2.24) is 14.9 Å². The summed E-state index contributed by atoms with van der Waals surface area (Å²) in [6.45, 7) is 7.63. The van der Waals surface area contributed by atoms with Crippen molar-refractivity contribution < 1.29 is 4.42 Å². The Morgan fingerprint density at radius 1 is 1.38 bits per heavy atom. The zero-order valence-corrected chi connectivity index (χ0v) is 15.0. The van der Waals surface area contributed by atoms with E-state index in [1.807, 2.05) is 26.8 Å². The fraction of sp³-hybridized carbons (Fsp3) is 0.444. The number of nitrogens with zero attached hydrogens (tertiary/aromatic N) is 2. The first kappa shape index (κ1) is 15.6. The molecule has 1 saturated heterocycles. The van der Waals surface area contributed by atoms with Gasteiger partial charge in [-0.3, -0.25) is 9.69 Å². The second-order valence-electron chi connectivity index (χ2n) is 6.55. The first-order valence-corrected chi connectivity index (χ1v) is 9.14. The number of hydrogen-bond donors (Lipinski definition) is 1. The maximum Gasteiger partial charge on any atom is 0.259 e. The van der Waals surface area contributed by atoms with Gasteiger partial charge in [-0.2, -0.15) is 0 Å². The second kappa shape index (κ2) is 5.86. The molecule has 3 aromatic heterocycles. The lowest BCUT2D eigenvalue weighted by molar-refractivity contribution is 0.214. The van der Waals surface area contributed by atoms with Crippen LogP contribution in [0.3, 0.4) is 0 Å². The SMILES string of the molecule is Cc1ccc(C2CCCN2Cc2nc3sc(C)c(C)c3c(=O)[nH]2)o1. The molecular weight excluding hydrogens is 322 g/mol. The van der Waals surface area contributed by atoms with Gasteiger partial charge < -0.3 is 9.40 Å². The number of rotatable bonds is 3. The number of nitrogens with one attached hydrogen (secondary N) is 1. The van der Waals surface area contributed by atoms with Gasteiger partial charge in [0.2, 0.25) is 0 Å². The fourth-order valence-electron chi connectivity index (χ4n) is 3.54. The summed E-state index contributed by atoms with van der Waals surface area (Å²) in [6.07, 6.45) is 2.21. The third kappa shape index (κ3) is 2.59. The van der Waals surface area contributed by atoms with E-state index in [2.05, 4.69) is 16.0 Å². The van der Waals surface area contributed by atoms with Gasteiger partial charge >= 0.3 is 0 Å². The summed E-state index contributed by atoms with van der Waals surface area (Å²) in [5.74, 6) is 2.69. The van der Waals surface area contributed by atoms with Crippen molar-refractivity contribution in [2.45, 2.75) is 46.2 Å². The summed E-state index contributed by atoms with van der Waals surface area (Å²) < 4.78 is 5.82. The maximum absolute atomic E-state index is 12.4. The van der Waals surface area contributed by atoms with Gasteiger partial charge in [-0.25, -0.2) is 4.98 Å². The van der Waals surface area contributed by atoms with Gasteiger partial charge in [-0.15, -0.1) is 11.3 Å².